The number of likely N-dealkylation sites (tertiary alicyclic amines) is 1. The second-order valence-corrected chi connectivity index (χ2v) is 7.55. The van der Waals surface area contributed by atoms with Crippen LogP contribution in [0.5, 0.6) is 0 Å². The number of nitrogens with zero attached hydrogens (tertiary/aromatic N) is 1. The Labute approximate surface area is 147 Å². The standard InChI is InChI=1S/C15H17F3N2O5S/c1-9(13(21)20-8-4-6-11(20)14(22)23)19-26(24,25)12-7-3-2-5-10(12)15(16,17)18/h2-3,5,7,9,11,19H,4,6,8H2,1H3,(H,22,23)/t9?,11-/m0/s1. The van der Waals surface area contributed by atoms with Gasteiger partial charge in [0.25, 0.3) is 0 Å². The summed E-state index contributed by atoms with van der Waals surface area (Å²) >= 11 is 0. The smallest absolute Gasteiger partial charge is 0.417 e. The van der Waals surface area contributed by atoms with Crippen molar-refractivity contribution >= 4 is 21.9 Å². The number of amides is 1. The Hall–Kier alpha value is -2.14. The Morgan fingerprint density at radius 3 is 2.50 bits per heavy atom. The van der Waals surface area contributed by atoms with Crippen LogP contribution >= 0.6 is 0 Å². The minimum Gasteiger partial charge on any atom is -0.480 e. The van der Waals surface area contributed by atoms with Crippen LogP contribution in [-0.4, -0.2) is 48.9 Å². The van der Waals surface area contributed by atoms with Crippen molar-refractivity contribution < 1.29 is 36.3 Å². The van der Waals surface area contributed by atoms with E-state index in [0.29, 0.717) is 12.5 Å². The number of halogens is 3. The lowest BCUT2D eigenvalue weighted by Gasteiger charge is -2.25. The fourth-order valence-electron chi connectivity index (χ4n) is 2.82. The van der Waals surface area contributed by atoms with Crippen LogP contribution in [0.1, 0.15) is 25.3 Å². The van der Waals surface area contributed by atoms with Gasteiger partial charge >= 0.3 is 12.1 Å². The summed E-state index contributed by atoms with van der Waals surface area (Å²) in [6.07, 6.45) is -4.21. The molecule has 7 nitrogen and oxygen atoms in total. The maximum Gasteiger partial charge on any atom is 0.417 e. The quantitative estimate of drug-likeness (QED) is 0.787. The predicted octanol–water partition coefficient (Wildman–Crippen LogP) is 1.45. The largest absolute Gasteiger partial charge is 0.480 e. The average Bonchev–Trinajstić information content (AvgIpc) is 3.02. The van der Waals surface area contributed by atoms with E-state index in [1.807, 2.05) is 4.72 Å². The van der Waals surface area contributed by atoms with Crippen molar-refractivity contribution in [3.8, 4) is 0 Å². The minimum absolute atomic E-state index is 0.140. The van der Waals surface area contributed by atoms with Gasteiger partial charge in [0.2, 0.25) is 15.9 Å². The summed E-state index contributed by atoms with van der Waals surface area (Å²) in [4.78, 5) is 23.5. The summed E-state index contributed by atoms with van der Waals surface area (Å²) in [5, 5.41) is 9.09. The lowest BCUT2D eigenvalue weighted by Crippen LogP contribution is -2.50. The van der Waals surface area contributed by atoms with Gasteiger partial charge in [0.05, 0.1) is 16.5 Å². The molecule has 1 aromatic rings. The van der Waals surface area contributed by atoms with Crippen LogP contribution in [-0.2, 0) is 25.8 Å². The van der Waals surface area contributed by atoms with Crippen molar-refractivity contribution in [2.24, 2.45) is 0 Å². The van der Waals surface area contributed by atoms with E-state index in [9.17, 15) is 31.2 Å². The number of hydrogen-bond acceptors (Lipinski definition) is 4. The van der Waals surface area contributed by atoms with Gasteiger partial charge in [0.1, 0.15) is 6.04 Å². The number of carboxylic acids is 1. The van der Waals surface area contributed by atoms with Gasteiger partial charge < -0.3 is 10.0 Å². The number of carboxylic acid groups (broad SMARTS) is 1. The molecule has 0 radical (unpaired) electrons. The average molecular weight is 394 g/mol. The predicted molar refractivity (Wildman–Crippen MR) is 83.6 cm³/mol. The molecule has 1 saturated heterocycles. The van der Waals surface area contributed by atoms with Crippen molar-refractivity contribution in [3.63, 3.8) is 0 Å². The minimum atomic E-state index is -4.89. The zero-order valence-corrected chi connectivity index (χ0v) is 14.5. The van der Waals surface area contributed by atoms with E-state index in [4.69, 9.17) is 5.11 Å². The van der Waals surface area contributed by atoms with Crippen LogP contribution in [0.25, 0.3) is 0 Å². The number of sulfonamides is 1. The van der Waals surface area contributed by atoms with E-state index in [1.54, 1.807) is 0 Å². The van der Waals surface area contributed by atoms with E-state index < -0.39 is 50.6 Å². The zero-order chi connectivity index (χ0) is 19.7. The van der Waals surface area contributed by atoms with Crippen LogP contribution in [0.4, 0.5) is 13.2 Å². The van der Waals surface area contributed by atoms with Crippen molar-refractivity contribution in [1.82, 2.24) is 9.62 Å². The lowest BCUT2D eigenvalue weighted by atomic mass is 10.2. The summed E-state index contributed by atoms with van der Waals surface area (Å²) in [7, 11) is -4.65. The van der Waals surface area contributed by atoms with Gasteiger partial charge in [-0.1, -0.05) is 12.1 Å². The molecular weight excluding hydrogens is 377 g/mol. The molecule has 1 aromatic carbocycles. The topological polar surface area (TPSA) is 104 Å². The van der Waals surface area contributed by atoms with Gasteiger partial charge in [-0.25, -0.2) is 13.2 Å². The van der Waals surface area contributed by atoms with E-state index >= 15 is 0 Å². The number of rotatable bonds is 5. The molecule has 0 bridgehead atoms. The van der Waals surface area contributed by atoms with Crippen molar-refractivity contribution in [2.45, 2.75) is 42.9 Å². The Kier molecular flexibility index (Phi) is 5.61. The molecule has 11 heteroatoms. The molecule has 2 atom stereocenters. The highest BCUT2D eigenvalue weighted by Gasteiger charge is 2.40. The van der Waals surface area contributed by atoms with Gasteiger partial charge in [-0.05, 0) is 31.9 Å². The maximum atomic E-state index is 13.0. The molecule has 0 spiro atoms. The number of alkyl halides is 3. The normalized spacial score (nSPS) is 19.4. The summed E-state index contributed by atoms with van der Waals surface area (Å²) in [5.41, 5.74) is -1.35. The Bertz CT molecular complexity index is 810. The monoisotopic (exact) mass is 394 g/mol. The fourth-order valence-corrected chi connectivity index (χ4v) is 4.24. The first-order valence-electron chi connectivity index (χ1n) is 7.67. The molecule has 1 aliphatic rings. The molecule has 1 aliphatic heterocycles. The van der Waals surface area contributed by atoms with Crippen molar-refractivity contribution in [2.75, 3.05) is 6.54 Å². The third kappa shape index (κ3) is 4.15. The van der Waals surface area contributed by atoms with E-state index in [0.717, 1.165) is 30.0 Å². The first-order chi connectivity index (χ1) is 11.9. The van der Waals surface area contributed by atoms with Gasteiger partial charge in [0, 0.05) is 6.54 Å². The number of aliphatic carboxylic acids is 1. The molecule has 2 N–H and O–H groups in total. The summed E-state index contributed by atoms with van der Waals surface area (Å²) in [6, 6.07) is 1.12. The highest BCUT2D eigenvalue weighted by molar-refractivity contribution is 7.89. The highest BCUT2D eigenvalue weighted by Crippen LogP contribution is 2.34. The first kappa shape index (κ1) is 20.2. The van der Waals surface area contributed by atoms with Gasteiger partial charge in [-0.3, -0.25) is 4.79 Å². The number of nitrogens with one attached hydrogen (secondary N) is 1. The molecule has 1 fully saturated rings. The second kappa shape index (κ2) is 7.23. The molecule has 1 amide bonds. The SMILES string of the molecule is CC(NS(=O)(=O)c1ccccc1C(F)(F)F)C(=O)N1CCC[C@H]1C(=O)O. The third-order valence-corrected chi connectivity index (χ3v) is 5.60. The Morgan fingerprint density at radius 2 is 1.92 bits per heavy atom. The number of carbonyl (C=O) groups is 2. The fraction of sp³-hybridized carbons (Fsp3) is 0.467. The lowest BCUT2D eigenvalue weighted by molar-refractivity contribution is -0.148. The first-order valence-corrected chi connectivity index (χ1v) is 9.15. The van der Waals surface area contributed by atoms with Crippen LogP contribution in [0.15, 0.2) is 29.2 Å². The van der Waals surface area contributed by atoms with Crippen LogP contribution in [0, 0.1) is 0 Å². The third-order valence-electron chi connectivity index (χ3n) is 4.01. The van der Waals surface area contributed by atoms with E-state index in [-0.39, 0.29) is 13.0 Å². The summed E-state index contributed by atoms with van der Waals surface area (Å²) in [5.74, 6) is -2.02. The number of hydrogen-bond donors (Lipinski definition) is 2. The van der Waals surface area contributed by atoms with Crippen molar-refractivity contribution in [3.05, 3.63) is 29.8 Å². The van der Waals surface area contributed by atoms with Gasteiger partial charge in [0.15, 0.2) is 0 Å². The van der Waals surface area contributed by atoms with E-state index in [2.05, 4.69) is 0 Å². The zero-order valence-electron chi connectivity index (χ0n) is 13.7. The van der Waals surface area contributed by atoms with Crippen LogP contribution in [0.3, 0.4) is 0 Å². The van der Waals surface area contributed by atoms with Crippen LogP contribution < -0.4 is 4.72 Å². The highest BCUT2D eigenvalue weighted by atomic mass is 32.2. The maximum absolute atomic E-state index is 13.0. The summed E-state index contributed by atoms with van der Waals surface area (Å²) in [6.45, 7) is 1.30. The Balaban J connectivity index is 2.25. The molecule has 26 heavy (non-hydrogen) atoms. The van der Waals surface area contributed by atoms with Crippen LogP contribution in [0.2, 0.25) is 0 Å². The molecule has 0 aromatic heterocycles. The number of carbonyl (C=O) groups excluding carboxylic acids is 1. The van der Waals surface area contributed by atoms with Gasteiger partial charge in [-0.2, -0.15) is 17.9 Å². The number of benzene rings is 1. The second-order valence-electron chi connectivity index (χ2n) is 5.86. The molecule has 1 unspecified atom stereocenters. The molecule has 144 valence electrons. The molecule has 2 rings (SSSR count). The molecule has 1 heterocycles. The summed E-state index contributed by atoms with van der Waals surface area (Å²) < 4.78 is 65.7. The molecule has 0 aliphatic carbocycles. The molecular formula is C15H17F3N2O5S. The van der Waals surface area contributed by atoms with Crippen molar-refractivity contribution in [1.29, 1.82) is 0 Å². The van der Waals surface area contributed by atoms with Gasteiger partial charge in [-0.15, -0.1) is 0 Å². The molecule has 0 saturated carbocycles. The van der Waals surface area contributed by atoms with E-state index in [1.165, 1.54) is 0 Å². The Morgan fingerprint density at radius 1 is 1.31 bits per heavy atom.